The van der Waals surface area contributed by atoms with Crippen LogP contribution in [-0.4, -0.2) is 15.0 Å². The van der Waals surface area contributed by atoms with Crippen molar-refractivity contribution < 1.29 is 8.83 Å². The number of hydrogen-bond donors (Lipinski definition) is 0. The highest BCUT2D eigenvalue weighted by Gasteiger charge is 2.22. The fraction of sp³-hybridized carbons (Fsp3) is 0. The second kappa shape index (κ2) is 14.5. The Labute approximate surface area is 367 Å². The van der Waals surface area contributed by atoms with Crippen molar-refractivity contribution in [2.75, 3.05) is 0 Å². The highest BCUT2D eigenvalue weighted by atomic mass is 16.3. The van der Waals surface area contributed by atoms with Crippen molar-refractivity contribution in [3.63, 3.8) is 0 Å². The van der Waals surface area contributed by atoms with E-state index in [0.717, 1.165) is 116 Å². The molecule has 0 N–H and O–H groups in total. The molecule has 0 fully saturated rings. The number of pyridine rings is 1. The maximum absolute atomic E-state index is 6.69. The minimum absolute atomic E-state index is 0.645. The van der Waals surface area contributed by atoms with E-state index in [2.05, 4.69) is 170 Å². The quantitative estimate of drug-likeness (QED) is 0.156. The first-order valence-electron chi connectivity index (χ1n) is 21.5. The van der Waals surface area contributed by atoms with Crippen molar-refractivity contribution in [2.45, 2.75) is 0 Å². The predicted octanol–water partition coefficient (Wildman–Crippen LogP) is 16.0. The van der Waals surface area contributed by atoms with Crippen LogP contribution >= 0.6 is 0 Å². The molecule has 0 aliphatic rings. The Morgan fingerprint density at radius 3 is 1.67 bits per heavy atom. The van der Waals surface area contributed by atoms with Crippen LogP contribution in [0.3, 0.4) is 0 Å². The molecule has 5 heteroatoms. The first-order valence-corrected chi connectivity index (χ1v) is 21.5. The van der Waals surface area contributed by atoms with Gasteiger partial charge >= 0.3 is 0 Å². The molecule has 9 aromatic carbocycles. The number of benzene rings is 9. The van der Waals surface area contributed by atoms with Crippen LogP contribution in [-0.2, 0) is 0 Å². The first kappa shape index (κ1) is 36.0. The minimum atomic E-state index is 0.645. The monoisotopic (exact) mass is 817 g/mol. The van der Waals surface area contributed by atoms with Crippen molar-refractivity contribution in [3.8, 4) is 67.4 Å². The van der Waals surface area contributed by atoms with Crippen molar-refractivity contribution in [2.24, 2.45) is 0 Å². The van der Waals surface area contributed by atoms with Crippen molar-refractivity contribution in [1.29, 1.82) is 0 Å². The van der Waals surface area contributed by atoms with Gasteiger partial charge in [0.25, 0.3) is 0 Å². The van der Waals surface area contributed by atoms with E-state index in [1.54, 1.807) is 0 Å². The molecule has 5 nitrogen and oxygen atoms in total. The number of aromatic nitrogens is 3. The SMILES string of the molecule is c1ccc(-c2ccc(-c3c4c(cc5c(-c6ccc(-c7cc(-c8cccc9c8oc8ccccc89)nc(-c8ccccc8)n7)cc6)nc6ccccc6c35)oc3ccccc34)cc2)cc1. The van der Waals surface area contributed by atoms with Gasteiger partial charge in [-0.25, -0.2) is 15.0 Å². The molecule has 0 amide bonds. The van der Waals surface area contributed by atoms with E-state index in [4.69, 9.17) is 23.8 Å². The van der Waals surface area contributed by atoms with Gasteiger partial charge in [0.15, 0.2) is 5.82 Å². The van der Waals surface area contributed by atoms with Crippen LogP contribution in [0.5, 0.6) is 0 Å². The summed E-state index contributed by atoms with van der Waals surface area (Å²) < 4.78 is 13.2. The van der Waals surface area contributed by atoms with Crippen LogP contribution in [0.4, 0.5) is 0 Å². The average Bonchev–Trinajstić information content (AvgIpc) is 3.94. The third-order valence-electron chi connectivity index (χ3n) is 12.5. The Bertz CT molecular complexity index is 3930. The lowest BCUT2D eigenvalue weighted by atomic mass is 9.89. The van der Waals surface area contributed by atoms with E-state index in [1.807, 2.05) is 42.5 Å². The molecule has 0 aliphatic heterocycles. The van der Waals surface area contributed by atoms with Crippen LogP contribution in [0.2, 0.25) is 0 Å². The van der Waals surface area contributed by atoms with E-state index in [9.17, 15) is 0 Å². The Balaban J connectivity index is 1.00. The lowest BCUT2D eigenvalue weighted by Crippen LogP contribution is -1.96. The molecule has 13 aromatic rings. The zero-order valence-corrected chi connectivity index (χ0v) is 34.4. The fourth-order valence-corrected chi connectivity index (χ4v) is 9.48. The molecule has 0 saturated carbocycles. The lowest BCUT2D eigenvalue weighted by molar-refractivity contribution is 0.669. The normalized spacial score (nSPS) is 11.8. The second-order valence-corrected chi connectivity index (χ2v) is 16.3. The minimum Gasteiger partial charge on any atom is -0.456 e. The van der Waals surface area contributed by atoms with E-state index in [-0.39, 0.29) is 0 Å². The molecule has 0 unspecified atom stereocenters. The zero-order valence-electron chi connectivity index (χ0n) is 34.4. The van der Waals surface area contributed by atoms with Gasteiger partial charge in [-0.3, -0.25) is 0 Å². The second-order valence-electron chi connectivity index (χ2n) is 16.3. The molecule has 0 atom stereocenters. The molecule has 4 heterocycles. The number of hydrogen-bond acceptors (Lipinski definition) is 5. The number of para-hydroxylation sites is 4. The molecule has 298 valence electrons. The maximum Gasteiger partial charge on any atom is 0.160 e. The van der Waals surface area contributed by atoms with Crippen LogP contribution in [0.15, 0.2) is 221 Å². The summed E-state index contributed by atoms with van der Waals surface area (Å²) in [5.74, 6) is 0.645. The Morgan fingerprint density at radius 1 is 0.312 bits per heavy atom. The highest BCUT2D eigenvalue weighted by molar-refractivity contribution is 6.27. The smallest absolute Gasteiger partial charge is 0.160 e. The van der Waals surface area contributed by atoms with Gasteiger partial charge in [-0.2, -0.15) is 0 Å². The molecule has 0 aliphatic carbocycles. The summed E-state index contributed by atoms with van der Waals surface area (Å²) in [6.45, 7) is 0. The molecule has 4 aromatic heterocycles. The third kappa shape index (κ3) is 5.83. The van der Waals surface area contributed by atoms with Gasteiger partial charge in [-0.1, -0.05) is 176 Å². The Kier molecular flexibility index (Phi) is 8.15. The van der Waals surface area contributed by atoms with Crippen LogP contribution < -0.4 is 0 Å². The molecular weight excluding hydrogens is 783 g/mol. The third-order valence-corrected chi connectivity index (χ3v) is 12.5. The van der Waals surface area contributed by atoms with Gasteiger partial charge < -0.3 is 8.83 Å². The fourth-order valence-electron chi connectivity index (χ4n) is 9.48. The maximum atomic E-state index is 6.69. The largest absolute Gasteiger partial charge is 0.456 e. The van der Waals surface area contributed by atoms with Crippen LogP contribution in [0, 0.1) is 0 Å². The van der Waals surface area contributed by atoms with Gasteiger partial charge in [0.05, 0.1) is 22.6 Å². The lowest BCUT2D eigenvalue weighted by Gasteiger charge is -2.16. The predicted molar refractivity (Wildman–Crippen MR) is 262 cm³/mol. The zero-order chi connectivity index (χ0) is 42.1. The van der Waals surface area contributed by atoms with Gasteiger partial charge in [0.1, 0.15) is 22.3 Å². The summed E-state index contributed by atoms with van der Waals surface area (Å²) in [7, 11) is 0. The summed E-state index contributed by atoms with van der Waals surface area (Å²) in [6.07, 6.45) is 0. The molecular formula is C59H35N3O2. The topological polar surface area (TPSA) is 65.0 Å². The number of fused-ring (bicyclic) bond motifs is 9. The van der Waals surface area contributed by atoms with E-state index in [1.165, 1.54) is 11.1 Å². The molecule has 13 rings (SSSR count). The summed E-state index contributed by atoms with van der Waals surface area (Å²) in [6, 6.07) is 73.7. The van der Waals surface area contributed by atoms with Gasteiger partial charge in [-0.15, -0.1) is 0 Å². The first-order chi connectivity index (χ1) is 31.7. The van der Waals surface area contributed by atoms with E-state index in [0.29, 0.717) is 5.82 Å². The van der Waals surface area contributed by atoms with E-state index >= 15 is 0 Å². The molecule has 0 bridgehead atoms. The standard InChI is InChI=1S/C59H35N3O2/c1-3-14-36(15-4-1)37-26-30-39(31-27-37)54-55-44-19-7-10-23-48(44)60-57(47(55)34-53-56(54)46-20-9-12-25-52(46)63-53)40-32-28-38(29-33-40)49-35-50(62-59(61-49)41-16-5-2-6-17-41)45-22-13-21-43-42-18-8-11-24-51(42)64-58(43)45/h1-35H. The van der Waals surface area contributed by atoms with Crippen LogP contribution in [0.25, 0.3) is 133 Å². The number of furan rings is 2. The van der Waals surface area contributed by atoms with E-state index < -0.39 is 0 Å². The molecule has 0 radical (unpaired) electrons. The highest BCUT2D eigenvalue weighted by Crippen LogP contribution is 2.47. The molecule has 64 heavy (non-hydrogen) atoms. The Morgan fingerprint density at radius 2 is 0.891 bits per heavy atom. The van der Waals surface area contributed by atoms with Crippen molar-refractivity contribution in [3.05, 3.63) is 212 Å². The summed E-state index contributed by atoms with van der Waals surface area (Å²) in [4.78, 5) is 15.7. The summed E-state index contributed by atoms with van der Waals surface area (Å²) in [5.41, 5.74) is 15.2. The molecule has 0 saturated heterocycles. The van der Waals surface area contributed by atoms with Crippen molar-refractivity contribution in [1.82, 2.24) is 15.0 Å². The van der Waals surface area contributed by atoms with Gasteiger partial charge in [0.2, 0.25) is 0 Å². The molecule has 0 spiro atoms. The van der Waals surface area contributed by atoms with Crippen LogP contribution in [0.1, 0.15) is 0 Å². The van der Waals surface area contributed by atoms with Gasteiger partial charge in [0, 0.05) is 65.5 Å². The summed E-state index contributed by atoms with van der Waals surface area (Å²) >= 11 is 0. The average molecular weight is 818 g/mol. The number of rotatable bonds is 6. The van der Waals surface area contributed by atoms with Crippen molar-refractivity contribution >= 4 is 65.6 Å². The summed E-state index contributed by atoms with van der Waals surface area (Å²) in [5, 5.41) is 7.58. The van der Waals surface area contributed by atoms with Gasteiger partial charge in [-0.05, 0) is 53.1 Å². The number of nitrogens with zero attached hydrogens (tertiary/aromatic N) is 3. The Hall–Kier alpha value is -8.67.